The van der Waals surface area contributed by atoms with Crippen molar-refractivity contribution in [3.05, 3.63) is 38.5 Å². The molecule has 2 rings (SSSR count). The van der Waals surface area contributed by atoms with Gasteiger partial charge in [0.1, 0.15) is 22.4 Å². The summed E-state index contributed by atoms with van der Waals surface area (Å²) in [5, 5.41) is 3.15. The van der Waals surface area contributed by atoms with Gasteiger partial charge < -0.3 is 10.1 Å². The van der Waals surface area contributed by atoms with Gasteiger partial charge in [-0.15, -0.1) is 0 Å². The van der Waals surface area contributed by atoms with E-state index >= 15 is 0 Å². The van der Waals surface area contributed by atoms with Gasteiger partial charge in [-0.3, -0.25) is 0 Å². The van der Waals surface area contributed by atoms with E-state index in [0.29, 0.717) is 5.88 Å². The number of ether oxygens (including phenoxy) is 1. The van der Waals surface area contributed by atoms with Gasteiger partial charge in [-0.1, -0.05) is 15.9 Å². The maximum absolute atomic E-state index is 5.85. The molecule has 2 aromatic rings. The second-order valence-corrected chi connectivity index (χ2v) is 5.93. The SMILES string of the molecule is CCNc1ncnc(Oc2cc(C)c(Br)c(C)c2)c1Br. The van der Waals surface area contributed by atoms with E-state index in [1.165, 1.54) is 6.33 Å². The summed E-state index contributed by atoms with van der Waals surface area (Å²) in [6, 6.07) is 3.94. The first-order chi connectivity index (χ1) is 9.52. The molecule has 0 saturated heterocycles. The molecular formula is C14H15Br2N3O. The van der Waals surface area contributed by atoms with Crippen molar-refractivity contribution in [2.45, 2.75) is 20.8 Å². The van der Waals surface area contributed by atoms with Crippen LogP contribution in [0, 0.1) is 13.8 Å². The molecule has 1 aromatic heterocycles. The van der Waals surface area contributed by atoms with Crippen LogP contribution in [-0.4, -0.2) is 16.5 Å². The van der Waals surface area contributed by atoms with Gasteiger partial charge in [0.25, 0.3) is 0 Å². The molecule has 6 heteroatoms. The zero-order valence-electron chi connectivity index (χ0n) is 11.5. The highest BCUT2D eigenvalue weighted by atomic mass is 79.9. The maximum Gasteiger partial charge on any atom is 0.238 e. The monoisotopic (exact) mass is 399 g/mol. The van der Waals surface area contributed by atoms with Crippen LogP contribution in [0.5, 0.6) is 11.6 Å². The van der Waals surface area contributed by atoms with Crippen LogP contribution in [0.2, 0.25) is 0 Å². The first-order valence-electron chi connectivity index (χ1n) is 6.22. The smallest absolute Gasteiger partial charge is 0.238 e. The van der Waals surface area contributed by atoms with Crippen molar-refractivity contribution in [3.63, 3.8) is 0 Å². The Morgan fingerprint density at radius 3 is 2.35 bits per heavy atom. The molecule has 0 atom stereocenters. The van der Waals surface area contributed by atoms with Crippen LogP contribution in [0.4, 0.5) is 5.82 Å². The van der Waals surface area contributed by atoms with Crippen LogP contribution in [0.3, 0.4) is 0 Å². The first kappa shape index (κ1) is 15.3. The molecule has 0 unspecified atom stereocenters. The van der Waals surface area contributed by atoms with Crippen LogP contribution in [0.15, 0.2) is 27.4 Å². The topological polar surface area (TPSA) is 47.0 Å². The summed E-state index contributed by atoms with van der Waals surface area (Å²) in [7, 11) is 0. The number of anilines is 1. The molecule has 106 valence electrons. The fraction of sp³-hybridized carbons (Fsp3) is 0.286. The third-order valence-corrected chi connectivity index (χ3v) is 4.69. The number of hydrogen-bond acceptors (Lipinski definition) is 4. The Balaban J connectivity index is 2.33. The van der Waals surface area contributed by atoms with Crippen molar-refractivity contribution in [1.29, 1.82) is 0 Å². The Morgan fingerprint density at radius 1 is 1.10 bits per heavy atom. The minimum absolute atomic E-state index is 0.497. The number of benzene rings is 1. The average molecular weight is 401 g/mol. The Kier molecular flexibility index (Phi) is 4.99. The van der Waals surface area contributed by atoms with Crippen LogP contribution < -0.4 is 10.1 Å². The van der Waals surface area contributed by atoms with Gasteiger partial charge in [-0.25, -0.2) is 9.97 Å². The lowest BCUT2D eigenvalue weighted by Crippen LogP contribution is -2.02. The molecule has 0 amide bonds. The molecule has 0 saturated carbocycles. The lowest BCUT2D eigenvalue weighted by molar-refractivity contribution is 0.457. The predicted octanol–water partition coefficient (Wildman–Crippen LogP) is 4.84. The molecule has 1 heterocycles. The van der Waals surface area contributed by atoms with Crippen molar-refractivity contribution in [2.24, 2.45) is 0 Å². The summed E-state index contributed by atoms with van der Waals surface area (Å²) in [6.07, 6.45) is 1.48. The van der Waals surface area contributed by atoms with Crippen LogP contribution in [0.25, 0.3) is 0 Å². The van der Waals surface area contributed by atoms with Crippen LogP contribution in [0.1, 0.15) is 18.1 Å². The zero-order chi connectivity index (χ0) is 14.7. The third kappa shape index (κ3) is 3.30. The Morgan fingerprint density at radius 2 is 1.75 bits per heavy atom. The third-order valence-electron chi connectivity index (χ3n) is 2.73. The Labute approximate surface area is 135 Å². The molecule has 4 nitrogen and oxygen atoms in total. The van der Waals surface area contributed by atoms with Crippen molar-refractivity contribution >= 4 is 37.7 Å². The van der Waals surface area contributed by atoms with E-state index in [2.05, 4.69) is 47.1 Å². The molecule has 0 aliphatic heterocycles. The first-order valence-corrected chi connectivity index (χ1v) is 7.80. The molecule has 0 fully saturated rings. The summed E-state index contributed by atoms with van der Waals surface area (Å²) in [5.41, 5.74) is 2.24. The molecule has 1 aromatic carbocycles. The van der Waals surface area contributed by atoms with Gasteiger partial charge in [0.05, 0.1) is 0 Å². The van der Waals surface area contributed by atoms with Gasteiger partial charge in [0.15, 0.2) is 0 Å². The lowest BCUT2D eigenvalue weighted by atomic mass is 10.1. The normalized spacial score (nSPS) is 10.4. The minimum Gasteiger partial charge on any atom is -0.438 e. The standard InChI is InChI=1S/C14H15Br2N3O/c1-4-17-13-12(16)14(19-7-18-13)20-10-5-8(2)11(15)9(3)6-10/h5-7H,4H2,1-3H3,(H,17,18,19). The van der Waals surface area contributed by atoms with Crippen molar-refractivity contribution in [3.8, 4) is 11.6 Å². The number of aromatic nitrogens is 2. The van der Waals surface area contributed by atoms with Gasteiger partial charge >= 0.3 is 0 Å². The van der Waals surface area contributed by atoms with E-state index in [1.807, 2.05) is 32.9 Å². The summed E-state index contributed by atoms with van der Waals surface area (Å²) in [6.45, 7) is 6.86. The number of nitrogens with zero attached hydrogens (tertiary/aromatic N) is 2. The van der Waals surface area contributed by atoms with E-state index in [4.69, 9.17) is 4.74 Å². The molecular weight excluding hydrogens is 386 g/mol. The summed E-state index contributed by atoms with van der Waals surface area (Å²) < 4.78 is 7.67. The number of nitrogens with one attached hydrogen (secondary N) is 1. The van der Waals surface area contributed by atoms with Crippen LogP contribution >= 0.6 is 31.9 Å². The highest BCUT2D eigenvalue weighted by Gasteiger charge is 2.11. The van der Waals surface area contributed by atoms with Crippen LogP contribution in [-0.2, 0) is 0 Å². The molecule has 20 heavy (non-hydrogen) atoms. The van der Waals surface area contributed by atoms with E-state index < -0.39 is 0 Å². The van der Waals surface area contributed by atoms with E-state index in [1.54, 1.807) is 0 Å². The number of rotatable bonds is 4. The number of halogens is 2. The van der Waals surface area contributed by atoms with Gasteiger partial charge in [-0.05, 0) is 60.0 Å². The molecule has 0 spiro atoms. The molecule has 0 radical (unpaired) electrons. The minimum atomic E-state index is 0.497. The summed E-state index contributed by atoms with van der Waals surface area (Å²) in [5.74, 6) is 1.98. The number of hydrogen-bond donors (Lipinski definition) is 1. The predicted molar refractivity (Wildman–Crippen MR) is 87.6 cm³/mol. The molecule has 1 N–H and O–H groups in total. The fourth-order valence-electron chi connectivity index (χ4n) is 1.79. The van der Waals surface area contributed by atoms with Gasteiger partial charge in [-0.2, -0.15) is 0 Å². The maximum atomic E-state index is 5.85. The largest absolute Gasteiger partial charge is 0.438 e. The zero-order valence-corrected chi connectivity index (χ0v) is 14.7. The molecule has 0 aliphatic carbocycles. The van der Waals surface area contributed by atoms with E-state index in [9.17, 15) is 0 Å². The van der Waals surface area contributed by atoms with Gasteiger partial charge in [0.2, 0.25) is 5.88 Å². The Bertz CT molecular complexity index is 609. The second kappa shape index (κ2) is 6.54. The molecule has 0 bridgehead atoms. The highest BCUT2D eigenvalue weighted by Crippen LogP contribution is 2.34. The quantitative estimate of drug-likeness (QED) is 0.797. The van der Waals surface area contributed by atoms with Gasteiger partial charge in [0, 0.05) is 11.0 Å². The van der Waals surface area contributed by atoms with E-state index in [0.717, 1.165) is 38.2 Å². The van der Waals surface area contributed by atoms with E-state index in [-0.39, 0.29) is 0 Å². The summed E-state index contributed by atoms with van der Waals surface area (Å²) in [4.78, 5) is 8.33. The van der Waals surface area contributed by atoms with Crippen molar-refractivity contribution in [1.82, 2.24) is 9.97 Å². The second-order valence-electron chi connectivity index (χ2n) is 4.34. The number of aryl methyl sites for hydroxylation is 2. The highest BCUT2D eigenvalue weighted by molar-refractivity contribution is 9.11. The van der Waals surface area contributed by atoms with Crippen molar-refractivity contribution in [2.75, 3.05) is 11.9 Å². The van der Waals surface area contributed by atoms with Crippen molar-refractivity contribution < 1.29 is 4.74 Å². The Hall–Kier alpha value is -1.14. The summed E-state index contributed by atoms with van der Waals surface area (Å²) >= 11 is 7.01. The fourth-order valence-corrected chi connectivity index (χ4v) is 2.45. The average Bonchev–Trinajstić information content (AvgIpc) is 2.41. The lowest BCUT2D eigenvalue weighted by Gasteiger charge is -2.12. The molecule has 0 aliphatic rings.